The molecule has 0 aliphatic carbocycles. The molecule has 0 fully saturated rings. The normalized spacial score (nSPS) is 14.2. The molecule has 63 valence electrons. The van der Waals surface area contributed by atoms with Crippen LogP contribution in [0.3, 0.4) is 0 Å². The second-order valence-corrected chi connectivity index (χ2v) is 3.33. The van der Waals surface area contributed by atoms with E-state index in [1.807, 2.05) is 0 Å². The molecule has 1 heterocycles. The Balaban J connectivity index is 2.43. The summed E-state index contributed by atoms with van der Waals surface area (Å²) >= 11 is 0. The molecule has 1 heteroatoms. The van der Waals surface area contributed by atoms with Gasteiger partial charge in [-0.1, -0.05) is 30.3 Å². The molecule has 3 rings (SSSR count). The first kappa shape index (κ1) is 6.96. The molecule has 0 bridgehead atoms. The maximum absolute atomic E-state index is 3.34. The van der Waals surface area contributed by atoms with Crippen molar-refractivity contribution >= 4 is 16.5 Å². The lowest BCUT2D eigenvalue weighted by Crippen LogP contribution is -1.89. The fourth-order valence-electron chi connectivity index (χ4n) is 1.93. The zero-order chi connectivity index (χ0) is 8.67. The lowest BCUT2D eigenvalue weighted by atomic mass is 10.0. The quantitative estimate of drug-likeness (QED) is 0.637. The number of rotatable bonds is 0. The highest BCUT2D eigenvalue weighted by Gasteiger charge is 2.12. The standard InChI is InChI=1S/C12H10N/c1-2-4-10-9(3-1)5-6-12-11(10)7-8-13-12/h1-7,13H,8H2. The van der Waals surface area contributed by atoms with Gasteiger partial charge in [-0.2, -0.15) is 0 Å². The van der Waals surface area contributed by atoms with Crippen molar-refractivity contribution in [2.24, 2.45) is 0 Å². The van der Waals surface area contributed by atoms with E-state index in [4.69, 9.17) is 0 Å². The van der Waals surface area contributed by atoms with E-state index in [1.165, 1.54) is 22.0 Å². The van der Waals surface area contributed by atoms with Gasteiger partial charge in [0.1, 0.15) is 0 Å². The van der Waals surface area contributed by atoms with E-state index in [0.717, 1.165) is 6.54 Å². The van der Waals surface area contributed by atoms with Crippen LogP contribution < -0.4 is 5.32 Å². The van der Waals surface area contributed by atoms with Gasteiger partial charge in [0.2, 0.25) is 0 Å². The van der Waals surface area contributed by atoms with Gasteiger partial charge in [0.25, 0.3) is 0 Å². The van der Waals surface area contributed by atoms with Crippen LogP contribution >= 0.6 is 0 Å². The Morgan fingerprint density at radius 2 is 1.92 bits per heavy atom. The summed E-state index contributed by atoms with van der Waals surface area (Å²) in [4.78, 5) is 0. The molecule has 0 amide bonds. The number of hydrogen-bond acceptors (Lipinski definition) is 1. The molecular formula is C12H10N. The van der Waals surface area contributed by atoms with Gasteiger partial charge in [0.05, 0.1) is 0 Å². The SMILES string of the molecule is [CH]1CNc2ccc3ccccc3c21. The van der Waals surface area contributed by atoms with Crippen molar-refractivity contribution in [1.29, 1.82) is 0 Å². The van der Waals surface area contributed by atoms with Crippen molar-refractivity contribution in [3.8, 4) is 0 Å². The summed E-state index contributed by atoms with van der Waals surface area (Å²) in [6.07, 6.45) is 2.25. The van der Waals surface area contributed by atoms with Crippen molar-refractivity contribution in [3.63, 3.8) is 0 Å². The minimum Gasteiger partial charge on any atom is -0.384 e. The maximum Gasteiger partial charge on any atom is 0.0383 e. The van der Waals surface area contributed by atoms with Gasteiger partial charge in [0, 0.05) is 18.7 Å². The zero-order valence-electron chi connectivity index (χ0n) is 7.25. The maximum atomic E-state index is 3.34. The molecule has 0 saturated carbocycles. The number of hydrogen-bond donors (Lipinski definition) is 1. The Hall–Kier alpha value is -1.50. The minimum atomic E-state index is 0.962. The largest absolute Gasteiger partial charge is 0.384 e. The lowest BCUT2D eigenvalue weighted by molar-refractivity contribution is 1.35. The molecule has 2 aromatic carbocycles. The van der Waals surface area contributed by atoms with Crippen molar-refractivity contribution < 1.29 is 0 Å². The van der Waals surface area contributed by atoms with Crippen LogP contribution in [-0.4, -0.2) is 6.54 Å². The van der Waals surface area contributed by atoms with E-state index in [0.29, 0.717) is 0 Å². The highest BCUT2D eigenvalue weighted by Crippen LogP contribution is 2.30. The molecule has 0 atom stereocenters. The van der Waals surface area contributed by atoms with Gasteiger partial charge < -0.3 is 5.32 Å². The predicted octanol–water partition coefficient (Wildman–Crippen LogP) is 2.82. The molecule has 13 heavy (non-hydrogen) atoms. The molecule has 0 unspecified atom stereocenters. The molecule has 0 aromatic heterocycles. The fourth-order valence-corrected chi connectivity index (χ4v) is 1.93. The van der Waals surface area contributed by atoms with Gasteiger partial charge in [0.15, 0.2) is 0 Å². The Morgan fingerprint density at radius 1 is 1.00 bits per heavy atom. The van der Waals surface area contributed by atoms with Crippen molar-refractivity contribution in [1.82, 2.24) is 0 Å². The monoisotopic (exact) mass is 168 g/mol. The number of anilines is 1. The van der Waals surface area contributed by atoms with Crippen molar-refractivity contribution in [3.05, 3.63) is 48.4 Å². The molecule has 1 N–H and O–H groups in total. The van der Waals surface area contributed by atoms with Crippen LogP contribution in [0.15, 0.2) is 36.4 Å². The molecule has 1 nitrogen and oxygen atoms in total. The van der Waals surface area contributed by atoms with E-state index >= 15 is 0 Å². The van der Waals surface area contributed by atoms with Gasteiger partial charge in [-0.15, -0.1) is 0 Å². The Labute approximate surface area is 77.4 Å². The lowest BCUT2D eigenvalue weighted by Gasteiger charge is -2.03. The molecule has 1 radical (unpaired) electrons. The Bertz CT molecular complexity index is 460. The summed E-state index contributed by atoms with van der Waals surface area (Å²) in [5.74, 6) is 0. The summed E-state index contributed by atoms with van der Waals surface area (Å²) in [7, 11) is 0. The molecule has 2 aromatic rings. The number of nitrogens with one attached hydrogen (secondary N) is 1. The van der Waals surface area contributed by atoms with Crippen LogP contribution in [0, 0.1) is 6.42 Å². The third kappa shape index (κ3) is 0.934. The molecule has 0 saturated heterocycles. The van der Waals surface area contributed by atoms with Crippen LogP contribution in [0.4, 0.5) is 5.69 Å². The fraction of sp³-hybridized carbons (Fsp3) is 0.0833. The van der Waals surface area contributed by atoms with Gasteiger partial charge in [-0.25, -0.2) is 0 Å². The van der Waals surface area contributed by atoms with Crippen molar-refractivity contribution in [2.45, 2.75) is 0 Å². The third-order valence-electron chi connectivity index (χ3n) is 2.57. The minimum absolute atomic E-state index is 0.962. The summed E-state index contributed by atoms with van der Waals surface area (Å²) in [6.45, 7) is 0.962. The smallest absolute Gasteiger partial charge is 0.0383 e. The topological polar surface area (TPSA) is 12.0 Å². The van der Waals surface area contributed by atoms with Crippen LogP contribution in [0.25, 0.3) is 10.8 Å². The second kappa shape index (κ2) is 2.49. The second-order valence-electron chi connectivity index (χ2n) is 3.33. The number of benzene rings is 2. The third-order valence-corrected chi connectivity index (χ3v) is 2.57. The zero-order valence-corrected chi connectivity index (χ0v) is 7.25. The molecular weight excluding hydrogens is 158 g/mol. The van der Waals surface area contributed by atoms with E-state index in [2.05, 4.69) is 48.1 Å². The van der Waals surface area contributed by atoms with Crippen molar-refractivity contribution in [2.75, 3.05) is 11.9 Å². The summed E-state index contributed by atoms with van der Waals surface area (Å²) in [5.41, 5.74) is 2.62. The average Bonchev–Trinajstić information content (AvgIpc) is 2.65. The Morgan fingerprint density at radius 3 is 2.92 bits per heavy atom. The van der Waals surface area contributed by atoms with E-state index in [1.54, 1.807) is 0 Å². The first-order valence-electron chi connectivity index (χ1n) is 4.54. The van der Waals surface area contributed by atoms with E-state index in [-0.39, 0.29) is 0 Å². The van der Waals surface area contributed by atoms with Crippen LogP contribution in [0.5, 0.6) is 0 Å². The summed E-state index contributed by atoms with van der Waals surface area (Å²) in [6, 6.07) is 12.8. The predicted molar refractivity (Wildman–Crippen MR) is 55.8 cm³/mol. The highest BCUT2D eigenvalue weighted by atomic mass is 14.9. The molecule has 1 aliphatic rings. The average molecular weight is 168 g/mol. The Kier molecular flexibility index (Phi) is 1.33. The molecule has 0 spiro atoms. The number of fused-ring (bicyclic) bond motifs is 3. The first-order valence-corrected chi connectivity index (χ1v) is 4.54. The van der Waals surface area contributed by atoms with Gasteiger partial charge in [-0.3, -0.25) is 0 Å². The summed E-state index contributed by atoms with van der Waals surface area (Å²) in [5, 5.41) is 6.01. The van der Waals surface area contributed by atoms with Crippen LogP contribution in [0.2, 0.25) is 0 Å². The van der Waals surface area contributed by atoms with Crippen LogP contribution in [-0.2, 0) is 0 Å². The first-order chi connectivity index (χ1) is 6.45. The summed E-state index contributed by atoms with van der Waals surface area (Å²) < 4.78 is 0. The highest BCUT2D eigenvalue weighted by molar-refractivity contribution is 5.92. The van der Waals surface area contributed by atoms with E-state index in [9.17, 15) is 0 Å². The van der Waals surface area contributed by atoms with Gasteiger partial charge in [-0.05, 0) is 22.4 Å². The van der Waals surface area contributed by atoms with E-state index < -0.39 is 0 Å². The van der Waals surface area contributed by atoms with Crippen LogP contribution in [0.1, 0.15) is 5.56 Å². The van der Waals surface area contributed by atoms with Gasteiger partial charge >= 0.3 is 0 Å². The molecule has 1 aliphatic heterocycles.